The third-order valence-corrected chi connectivity index (χ3v) is 5.92. The van der Waals surface area contributed by atoms with E-state index in [-0.39, 0.29) is 18.1 Å². The number of hydrogen-bond acceptors (Lipinski definition) is 6. The number of anilines is 1. The maximum atomic E-state index is 13.5. The van der Waals surface area contributed by atoms with Crippen molar-refractivity contribution in [3.63, 3.8) is 0 Å². The van der Waals surface area contributed by atoms with Gasteiger partial charge in [-0.25, -0.2) is 4.68 Å². The molecule has 37 heavy (non-hydrogen) atoms. The number of ether oxygens (including phenoxy) is 1. The summed E-state index contributed by atoms with van der Waals surface area (Å²) in [4.78, 5) is 28.1. The summed E-state index contributed by atoms with van der Waals surface area (Å²) in [5.41, 5.74) is 2.94. The Hall–Kier alpha value is -4.97. The number of nitriles is 1. The summed E-state index contributed by atoms with van der Waals surface area (Å²) in [5.74, 6) is -0.117. The van der Waals surface area contributed by atoms with Crippen LogP contribution in [0, 0.1) is 11.3 Å². The van der Waals surface area contributed by atoms with Crippen LogP contribution in [0.5, 0.6) is 5.75 Å². The van der Waals surface area contributed by atoms with Crippen molar-refractivity contribution in [2.45, 2.75) is 19.0 Å². The van der Waals surface area contributed by atoms with Gasteiger partial charge in [-0.3, -0.25) is 9.59 Å². The van der Waals surface area contributed by atoms with E-state index in [2.05, 4.69) is 21.7 Å². The first kappa shape index (κ1) is 25.1. The number of carbonyl (C=O) groups is 2. The molecule has 0 unspecified atom stereocenters. The van der Waals surface area contributed by atoms with Gasteiger partial charge >= 0.3 is 0 Å². The third-order valence-electron chi connectivity index (χ3n) is 5.92. The Kier molecular flexibility index (Phi) is 7.91. The van der Waals surface area contributed by atoms with Crippen LogP contribution in [0.15, 0.2) is 85.1 Å². The summed E-state index contributed by atoms with van der Waals surface area (Å²) < 4.78 is 6.69. The van der Waals surface area contributed by atoms with Gasteiger partial charge in [0.25, 0.3) is 5.91 Å². The van der Waals surface area contributed by atoms with Crippen molar-refractivity contribution in [1.29, 1.82) is 5.26 Å². The van der Waals surface area contributed by atoms with E-state index in [4.69, 9.17) is 4.74 Å². The van der Waals surface area contributed by atoms with Gasteiger partial charge in [-0.05, 0) is 41.5 Å². The second-order valence-corrected chi connectivity index (χ2v) is 8.38. The highest BCUT2D eigenvalue weighted by Crippen LogP contribution is 2.19. The van der Waals surface area contributed by atoms with Gasteiger partial charge < -0.3 is 15.0 Å². The van der Waals surface area contributed by atoms with E-state index in [9.17, 15) is 14.9 Å². The lowest BCUT2D eigenvalue weighted by atomic mass is 10.0. The van der Waals surface area contributed by atoms with Gasteiger partial charge in [-0.15, -0.1) is 5.10 Å². The fourth-order valence-electron chi connectivity index (χ4n) is 3.87. The summed E-state index contributed by atoms with van der Waals surface area (Å²) in [6.45, 7) is 0.288. The summed E-state index contributed by atoms with van der Waals surface area (Å²) in [6, 6.07) is 25.0. The average Bonchev–Trinajstić information content (AvgIpc) is 3.41. The molecule has 0 bridgehead atoms. The lowest BCUT2D eigenvalue weighted by Gasteiger charge is -2.25. The van der Waals surface area contributed by atoms with Gasteiger partial charge in [-0.2, -0.15) is 5.26 Å². The lowest BCUT2D eigenvalue weighted by Crippen LogP contribution is -2.48. The van der Waals surface area contributed by atoms with E-state index >= 15 is 0 Å². The van der Waals surface area contributed by atoms with Crippen molar-refractivity contribution >= 4 is 17.5 Å². The standard InChI is InChI=1S/C28H26N6O3/c1-33(23-12-14-24(37-2)15-13-23)28(36)25(16-20-8-4-3-5-9-20)30-27(35)26-19-34(32-31-26)18-22-11-7-6-10-21(22)17-29/h3-15,19,25H,16,18H2,1-2H3,(H,30,35)/t25-/m0/s1. The highest BCUT2D eigenvalue weighted by molar-refractivity contribution is 6.01. The molecule has 1 N–H and O–H groups in total. The number of amides is 2. The maximum Gasteiger partial charge on any atom is 0.274 e. The van der Waals surface area contributed by atoms with E-state index in [1.165, 1.54) is 15.8 Å². The molecule has 0 saturated heterocycles. The minimum Gasteiger partial charge on any atom is -0.497 e. The van der Waals surface area contributed by atoms with Gasteiger partial charge in [0.05, 0.1) is 31.5 Å². The van der Waals surface area contributed by atoms with Crippen molar-refractivity contribution in [3.8, 4) is 11.8 Å². The molecule has 1 atom stereocenters. The molecule has 4 rings (SSSR count). The first-order valence-corrected chi connectivity index (χ1v) is 11.6. The van der Waals surface area contributed by atoms with Crippen LogP contribution in [0.3, 0.4) is 0 Å². The number of aromatic nitrogens is 3. The number of benzene rings is 3. The predicted molar refractivity (Wildman–Crippen MR) is 138 cm³/mol. The minimum atomic E-state index is -0.841. The van der Waals surface area contributed by atoms with Crippen molar-refractivity contribution in [3.05, 3.63) is 107 Å². The zero-order valence-electron chi connectivity index (χ0n) is 20.5. The molecule has 186 valence electrons. The zero-order chi connectivity index (χ0) is 26.2. The van der Waals surface area contributed by atoms with Gasteiger partial charge in [0.15, 0.2) is 5.69 Å². The first-order valence-electron chi connectivity index (χ1n) is 11.6. The molecule has 0 spiro atoms. The SMILES string of the molecule is COc1ccc(N(C)C(=O)[C@H](Cc2ccccc2)NC(=O)c2cn(Cc3ccccc3C#N)nn2)cc1. The number of carbonyl (C=O) groups excluding carboxylic acids is 2. The second-order valence-electron chi connectivity index (χ2n) is 8.38. The monoisotopic (exact) mass is 494 g/mol. The van der Waals surface area contributed by atoms with Crippen molar-refractivity contribution < 1.29 is 14.3 Å². The Balaban J connectivity index is 1.52. The van der Waals surface area contributed by atoms with Crippen molar-refractivity contribution in [2.24, 2.45) is 0 Å². The van der Waals surface area contributed by atoms with Gasteiger partial charge in [0, 0.05) is 19.2 Å². The normalized spacial score (nSPS) is 11.3. The molecule has 0 fully saturated rings. The molecule has 0 saturated carbocycles. The number of methoxy groups -OCH3 is 1. The number of likely N-dealkylation sites (N-methyl/N-ethyl adjacent to an activating group) is 1. The van der Waals surface area contributed by atoms with E-state index in [0.717, 1.165) is 11.1 Å². The Morgan fingerprint density at radius 1 is 1.05 bits per heavy atom. The Morgan fingerprint density at radius 3 is 2.46 bits per heavy atom. The smallest absolute Gasteiger partial charge is 0.274 e. The van der Waals surface area contributed by atoms with Crippen LogP contribution in [-0.4, -0.2) is 47.0 Å². The minimum absolute atomic E-state index is 0.0763. The number of hydrogen-bond donors (Lipinski definition) is 1. The van der Waals surface area contributed by atoms with Gasteiger partial charge in [0.2, 0.25) is 5.91 Å². The largest absolute Gasteiger partial charge is 0.497 e. The molecule has 0 aliphatic heterocycles. The molecular weight excluding hydrogens is 468 g/mol. The predicted octanol–water partition coefficient (Wildman–Crippen LogP) is 3.21. The van der Waals surface area contributed by atoms with Crippen LogP contribution in [-0.2, 0) is 17.8 Å². The quantitative estimate of drug-likeness (QED) is 0.382. The Morgan fingerprint density at radius 2 is 1.76 bits per heavy atom. The van der Waals surface area contributed by atoms with Crippen LogP contribution < -0.4 is 15.0 Å². The molecule has 0 radical (unpaired) electrons. The molecule has 2 amide bonds. The number of rotatable bonds is 9. The first-order chi connectivity index (χ1) is 18.0. The highest BCUT2D eigenvalue weighted by atomic mass is 16.5. The zero-order valence-corrected chi connectivity index (χ0v) is 20.5. The van der Waals surface area contributed by atoms with Crippen molar-refractivity contribution in [1.82, 2.24) is 20.3 Å². The maximum absolute atomic E-state index is 13.5. The third kappa shape index (κ3) is 6.18. The van der Waals surface area contributed by atoms with Gasteiger partial charge in [-0.1, -0.05) is 53.7 Å². The number of nitrogens with one attached hydrogen (secondary N) is 1. The molecule has 0 aliphatic carbocycles. The van der Waals surface area contributed by atoms with Crippen LogP contribution in [0.2, 0.25) is 0 Å². The Bertz CT molecular complexity index is 1410. The lowest BCUT2D eigenvalue weighted by molar-refractivity contribution is -0.120. The molecule has 9 heteroatoms. The van der Waals surface area contributed by atoms with E-state index in [1.807, 2.05) is 42.5 Å². The average molecular weight is 495 g/mol. The molecule has 1 aromatic heterocycles. The summed E-state index contributed by atoms with van der Waals surface area (Å²) in [5, 5.41) is 20.2. The highest BCUT2D eigenvalue weighted by Gasteiger charge is 2.27. The molecule has 9 nitrogen and oxygen atoms in total. The van der Waals surface area contributed by atoms with E-state index < -0.39 is 11.9 Å². The summed E-state index contributed by atoms with van der Waals surface area (Å²) in [7, 11) is 3.24. The molecule has 0 aliphatic rings. The van der Waals surface area contributed by atoms with Crippen LogP contribution >= 0.6 is 0 Å². The number of nitrogens with zero attached hydrogens (tertiary/aromatic N) is 5. The van der Waals surface area contributed by atoms with Gasteiger partial charge in [0.1, 0.15) is 11.8 Å². The van der Waals surface area contributed by atoms with Crippen molar-refractivity contribution in [2.75, 3.05) is 19.1 Å². The van der Waals surface area contributed by atoms with E-state index in [0.29, 0.717) is 23.4 Å². The Labute approximate surface area is 214 Å². The topological polar surface area (TPSA) is 113 Å². The van der Waals surface area contributed by atoms with Crippen LogP contribution in [0.4, 0.5) is 5.69 Å². The van der Waals surface area contributed by atoms with E-state index in [1.54, 1.807) is 50.6 Å². The molecule has 3 aromatic carbocycles. The summed E-state index contributed by atoms with van der Waals surface area (Å²) >= 11 is 0. The molecule has 4 aromatic rings. The fraction of sp³-hybridized carbons (Fsp3) is 0.179. The molecule has 1 heterocycles. The molecular formula is C28H26N6O3. The summed E-state index contributed by atoms with van der Waals surface area (Å²) in [6.07, 6.45) is 1.80. The second kappa shape index (κ2) is 11.6. The van der Waals surface area contributed by atoms with Crippen LogP contribution in [0.25, 0.3) is 0 Å². The van der Waals surface area contributed by atoms with Crippen LogP contribution in [0.1, 0.15) is 27.2 Å². The fourth-order valence-corrected chi connectivity index (χ4v) is 3.87.